The highest BCUT2D eigenvalue weighted by molar-refractivity contribution is 7.08. The van der Waals surface area contributed by atoms with Gasteiger partial charge in [-0.15, -0.1) is 0 Å². The predicted octanol–water partition coefficient (Wildman–Crippen LogP) is 3.13. The number of rotatable bonds is 4. The van der Waals surface area contributed by atoms with Gasteiger partial charge in [0.15, 0.2) is 0 Å². The minimum atomic E-state index is 0.192. The van der Waals surface area contributed by atoms with Crippen molar-refractivity contribution >= 4 is 17.2 Å². The van der Waals surface area contributed by atoms with Crippen LogP contribution in [0.3, 0.4) is 0 Å². The quantitative estimate of drug-likeness (QED) is 0.870. The first-order valence-electron chi connectivity index (χ1n) is 7.38. The van der Waals surface area contributed by atoms with Gasteiger partial charge in [0, 0.05) is 36.4 Å². The summed E-state index contributed by atoms with van der Waals surface area (Å²) in [5, 5.41) is 7.92. The Labute approximate surface area is 128 Å². The molecular weight excluding hydrogens is 286 g/mol. The zero-order valence-corrected chi connectivity index (χ0v) is 12.9. The third-order valence-electron chi connectivity index (χ3n) is 3.92. The number of carbonyl (C=O) groups excluding carboxylic acids is 1. The molecule has 0 N–H and O–H groups in total. The summed E-state index contributed by atoms with van der Waals surface area (Å²) in [6, 6.07) is 2.31. The maximum Gasteiger partial charge on any atom is 0.227 e. The van der Waals surface area contributed by atoms with Crippen molar-refractivity contribution in [3.05, 3.63) is 22.7 Å². The van der Waals surface area contributed by atoms with E-state index in [-0.39, 0.29) is 5.91 Å². The molecule has 3 heterocycles. The molecule has 0 spiro atoms. The van der Waals surface area contributed by atoms with Crippen molar-refractivity contribution in [1.29, 1.82) is 0 Å². The molecule has 3 rings (SSSR count). The van der Waals surface area contributed by atoms with Gasteiger partial charge in [0.05, 0.1) is 0 Å². The largest absolute Gasteiger partial charge is 0.340 e. The Morgan fingerprint density at radius 3 is 3.19 bits per heavy atom. The SMILES string of the molecule is C[C@H]1CCCCN1C(=O)CCc1nc(-c2ccsc2)no1. The number of aryl methyl sites for hydroxylation is 1. The summed E-state index contributed by atoms with van der Waals surface area (Å²) >= 11 is 1.60. The first-order valence-corrected chi connectivity index (χ1v) is 8.33. The van der Waals surface area contributed by atoms with Gasteiger partial charge < -0.3 is 9.42 Å². The van der Waals surface area contributed by atoms with E-state index in [9.17, 15) is 4.79 Å². The van der Waals surface area contributed by atoms with Crippen LogP contribution in [0.2, 0.25) is 0 Å². The van der Waals surface area contributed by atoms with Crippen molar-refractivity contribution in [2.75, 3.05) is 6.54 Å². The molecule has 1 fully saturated rings. The molecule has 2 aromatic rings. The Kier molecular flexibility index (Phi) is 4.34. The van der Waals surface area contributed by atoms with E-state index in [4.69, 9.17) is 4.52 Å². The molecule has 5 nitrogen and oxygen atoms in total. The maximum atomic E-state index is 12.3. The maximum absolute atomic E-state index is 12.3. The Balaban J connectivity index is 1.56. The highest BCUT2D eigenvalue weighted by Gasteiger charge is 2.23. The van der Waals surface area contributed by atoms with Crippen molar-refractivity contribution < 1.29 is 9.32 Å². The lowest BCUT2D eigenvalue weighted by Crippen LogP contribution is -2.42. The molecule has 1 amide bonds. The molecular formula is C15H19N3O2S. The number of carbonyl (C=O) groups is 1. The molecule has 2 aromatic heterocycles. The van der Waals surface area contributed by atoms with Gasteiger partial charge in [0.25, 0.3) is 0 Å². The Morgan fingerprint density at radius 2 is 2.43 bits per heavy atom. The van der Waals surface area contributed by atoms with Gasteiger partial charge in [-0.3, -0.25) is 4.79 Å². The van der Waals surface area contributed by atoms with E-state index in [1.807, 2.05) is 21.7 Å². The molecule has 21 heavy (non-hydrogen) atoms. The normalized spacial score (nSPS) is 18.9. The zero-order valence-electron chi connectivity index (χ0n) is 12.1. The fourth-order valence-corrected chi connectivity index (χ4v) is 3.33. The topological polar surface area (TPSA) is 59.2 Å². The Bertz CT molecular complexity index is 594. The van der Waals surface area contributed by atoms with Crippen molar-refractivity contribution in [2.24, 2.45) is 0 Å². The molecule has 0 aliphatic carbocycles. The minimum Gasteiger partial charge on any atom is -0.340 e. The van der Waals surface area contributed by atoms with Crippen LogP contribution in [0.5, 0.6) is 0 Å². The van der Waals surface area contributed by atoms with Crippen LogP contribution >= 0.6 is 11.3 Å². The van der Waals surface area contributed by atoms with Crippen molar-refractivity contribution in [2.45, 2.75) is 45.1 Å². The van der Waals surface area contributed by atoms with E-state index in [2.05, 4.69) is 17.1 Å². The van der Waals surface area contributed by atoms with Crippen LogP contribution in [-0.4, -0.2) is 33.5 Å². The highest BCUT2D eigenvalue weighted by Crippen LogP contribution is 2.20. The van der Waals surface area contributed by atoms with Crippen LogP contribution < -0.4 is 0 Å². The predicted molar refractivity (Wildman–Crippen MR) is 81.0 cm³/mol. The summed E-state index contributed by atoms with van der Waals surface area (Å²) < 4.78 is 5.23. The number of amides is 1. The van der Waals surface area contributed by atoms with E-state index < -0.39 is 0 Å². The lowest BCUT2D eigenvalue weighted by Gasteiger charge is -2.33. The average molecular weight is 305 g/mol. The number of piperidine rings is 1. The molecule has 1 aliphatic rings. The third kappa shape index (κ3) is 3.32. The summed E-state index contributed by atoms with van der Waals surface area (Å²) in [5.41, 5.74) is 0.964. The summed E-state index contributed by atoms with van der Waals surface area (Å²) in [4.78, 5) is 18.6. The number of likely N-dealkylation sites (tertiary alicyclic amines) is 1. The van der Waals surface area contributed by atoms with Gasteiger partial charge in [0.2, 0.25) is 17.6 Å². The second kappa shape index (κ2) is 6.39. The highest BCUT2D eigenvalue weighted by atomic mass is 32.1. The molecule has 1 atom stereocenters. The molecule has 112 valence electrons. The summed E-state index contributed by atoms with van der Waals surface area (Å²) in [5.74, 6) is 1.33. The van der Waals surface area contributed by atoms with Crippen LogP contribution in [-0.2, 0) is 11.2 Å². The van der Waals surface area contributed by atoms with E-state index in [0.29, 0.717) is 30.6 Å². The fourth-order valence-electron chi connectivity index (χ4n) is 2.69. The first-order chi connectivity index (χ1) is 10.2. The number of hydrogen-bond acceptors (Lipinski definition) is 5. The molecule has 0 aromatic carbocycles. The van der Waals surface area contributed by atoms with Gasteiger partial charge in [-0.25, -0.2) is 0 Å². The summed E-state index contributed by atoms with van der Waals surface area (Å²) in [6.45, 7) is 3.00. The van der Waals surface area contributed by atoms with Crippen molar-refractivity contribution in [1.82, 2.24) is 15.0 Å². The summed E-state index contributed by atoms with van der Waals surface area (Å²) in [6.07, 6.45) is 4.39. The lowest BCUT2D eigenvalue weighted by molar-refractivity contribution is -0.134. The van der Waals surface area contributed by atoms with Crippen LogP contribution in [0.1, 0.15) is 38.5 Å². The number of aromatic nitrogens is 2. The zero-order chi connectivity index (χ0) is 14.7. The second-order valence-corrected chi connectivity index (χ2v) is 6.24. The van der Waals surface area contributed by atoms with Crippen molar-refractivity contribution in [3.63, 3.8) is 0 Å². The monoisotopic (exact) mass is 305 g/mol. The van der Waals surface area contributed by atoms with Gasteiger partial charge >= 0.3 is 0 Å². The van der Waals surface area contributed by atoms with Gasteiger partial charge in [-0.1, -0.05) is 5.16 Å². The molecule has 1 aliphatic heterocycles. The van der Waals surface area contributed by atoms with E-state index in [0.717, 1.165) is 24.9 Å². The molecule has 1 saturated heterocycles. The molecule has 0 radical (unpaired) electrons. The van der Waals surface area contributed by atoms with E-state index >= 15 is 0 Å². The third-order valence-corrected chi connectivity index (χ3v) is 4.61. The smallest absolute Gasteiger partial charge is 0.227 e. The Morgan fingerprint density at radius 1 is 1.52 bits per heavy atom. The average Bonchev–Trinajstić information content (AvgIpc) is 3.16. The van der Waals surface area contributed by atoms with Gasteiger partial charge in [-0.2, -0.15) is 16.3 Å². The Hall–Kier alpha value is -1.69. The van der Waals surface area contributed by atoms with Crippen molar-refractivity contribution in [3.8, 4) is 11.4 Å². The van der Waals surface area contributed by atoms with Gasteiger partial charge in [0.1, 0.15) is 0 Å². The van der Waals surface area contributed by atoms with Crippen LogP contribution in [0, 0.1) is 0 Å². The van der Waals surface area contributed by atoms with Gasteiger partial charge in [-0.05, 0) is 37.6 Å². The number of thiophene rings is 1. The van der Waals surface area contributed by atoms with E-state index in [1.165, 1.54) is 6.42 Å². The van der Waals surface area contributed by atoms with Crippen LogP contribution in [0.4, 0.5) is 0 Å². The molecule has 0 bridgehead atoms. The number of hydrogen-bond donors (Lipinski definition) is 0. The minimum absolute atomic E-state index is 0.192. The summed E-state index contributed by atoms with van der Waals surface area (Å²) in [7, 11) is 0. The molecule has 6 heteroatoms. The second-order valence-electron chi connectivity index (χ2n) is 5.46. The number of nitrogens with zero attached hydrogens (tertiary/aromatic N) is 3. The first kappa shape index (κ1) is 14.3. The lowest BCUT2D eigenvalue weighted by atomic mass is 10.0. The molecule has 0 saturated carbocycles. The van der Waals surface area contributed by atoms with Crippen LogP contribution in [0.25, 0.3) is 11.4 Å². The molecule has 0 unspecified atom stereocenters. The van der Waals surface area contributed by atoms with E-state index in [1.54, 1.807) is 11.3 Å². The van der Waals surface area contributed by atoms with Crippen LogP contribution in [0.15, 0.2) is 21.3 Å². The standard InChI is InChI=1S/C15H19N3O2S/c1-11-4-2-3-8-18(11)14(19)6-5-13-16-15(17-20-13)12-7-9-21-10-12/h7,9-11H,2-6,8H2,1H3/t11-/m0/s1. The fraction of sp³-hybridized carbons (Fsp3) is 0.533.